The molecule has 6 nitrogen and oxygen atoms in total. The monoisotopic (exact) mass is 464 g/mol. The van der Waals surface area contributed by atoms with Gasteiger partial charge in [0, 0.05) is 48.9 Å². The van der Waals surface area contributed by atoms with Gasteiger partial charge in [0.25, 0.3) is 0 Å². The molecule has 0 bridgehead atoms. The smallest absolute Gasteiger partial charge is 0.410 e. The molecule has 1 amide bonds. The summed E-state index contributed by atoms with van der Waals surface area (Å²) >= 11 is 0. The molecule has 0 radical (unpaired) electrons. The number of unbranched alkanes of at least 4 members (excludes halogenated alkanes) is 4. The second-order valence-corrected chi connectivity index (χ2v) is 10.7. The summed E-state index contributed by atoms with van der Waals surface area (Å²) in [6.45, 7) is 11.3. The maximum absolute atomic E-state index is 12.6. The van der Waals surface area contributed by atoms with Gasteiger partial charge in [0.15, 0.2) is 0 Å². The number of carbonyl (C=O) groups is 1. The van der Waals surface area contributed by atoms with Gasteiger partial charge in [-0.2, -0.15) is 0 Å². The first-order valence-electron chi connectivity index (χ1n) is 13.1. The molecule has 0 aliphatic carbocycles. The van der Waals surface area contributed by atoms with Crippen LogP contribution in [0.15, 0.2) is 36.4 Å². The maximum Gasteiger partial charge on any atom is 0.410 e. The van der Waals surface area contributed by atoms with E-state index in [4.69, 9.17) is 4.74 Å². The van der Waals surface area contributed by atoms with Gasteiger partial charge in [0.2, 0.25) is 0 Å². The van der Waals surface area contributed by atoms with E-state index in [1.807, 2.05) is 25.7 Å². The molecule has 1 fully saturated rings. The number of ether oxygens (including phenoxy) is 1. The number of hydrogen-bond donors (Lipinski definition) is 2. The Morgan fingerprint density at radius 3 is 2.18 bits per heavy atom. The SMILES string of the molecule is CCCCCCC[C@@H](B1Nc2cccc3cccc(c23)N1)N1CCN(C(=O)OC(C)(C)C)CC1. The number of benzene rings is 2. The lowest BCUT2D eigenvalue weighted by Crippen LogP contribution is -2.61. The predicted octanol–water partition coefficient (Wildman–Crippen LogP) is 5.99. The van der Waals surface area contributed by atoms with Gasteiger partial charge in [-0.1, -0.05) is 63.3 Å². The summed E-state index contributed by atoms with van der Waals surface area (Å²) in [5.74, 6) is 0.353. The lowest BCUT2D eigenvalue weighted by atomic mass is 9.62. The third-order valence-electron chi connectivity index (χ3n) is 6.95. The van der Waals surface area contributed by atoms with Gasteiger partial charge in [-0.25, -0.2) is 4.79 Å². The molecule has 2 aliphatic rings. The fourth-order valence-electron chi connectivity index (χ4n) is 5.22. The average molecular weight is 464 g/mol. The van der Waals surface area contributed by atoms with Gasteiger partial charge in [-0.05, 0) is 44.7 Å². The van der Waals surface area contributed by atoms with E-state index in [0.29, 0.717) is 19.0 Å². The summed E-state index contributed by atoms with van der Waals surface area (Å²) in [6, 6.07) is 13.0. The normalized spacial score (nSPS) is 17.3. The molecule has 2 heterocycles. The van der Waals surface area contributed by atoms with Gasteiger partial charge in [-0.3, -0.25) is 4.90 Å². The molecule has 0 spiro atoms. The zero-order chi connectivity index (χ0) is 24.1. The third kappa shape index (κ3) is 5.98. The zero-order valence-electron chi connectivity index (χ0n) is 21.4. The Bertz CT molecular complexity index is 928. The third-order valence-corrected chi connectivity index (χ3v) is 6.95. The van der Waals surface area contributed by atoms with Crippen molar-refractivity contribution in [2.75, 3.05) is 36.6 Å². The molecular weight excluding hydrogens is 423 g/mol. The van der Waals surface area contributed by atoms with Crippen molar-refractivity contribution in [3.8, 4) is 0 Å². The summed E-state index contributed by atoms with van der Waals surface area (Å²) in [5, 5.41) is 10.2. The highest BCUT2D eigenvalue weighted by Crippen LogP contribution is 2.35. The Hall–Kier alpha value is -2.41. The number of nitrogens with zero attached hydrogens (tertiary/aromatic N) is 2. The molecule has 0 aromatic heterocycles. The van der Waals surface area contributed by atoms with Crippen LogP contribution in [-0.4, -0.2) is 60.6 Å². The molecule has 0 unspecified atom stereocenters. The van der Waals surface area contributed by atoms with Crippen LogP contribution in [-0.2, 0) is 4.74 Å². The summed E-state index contributed by atoms with van der Waals surface area (Å²) in [7, 11) is 0. The molecule has 1 atom stereocenters. The molecule has 4 rings (SSSR count). The van der Waals surface area contributed by atoms with E-state index >= 15 is 0 Å². The standard InChI is InChI=1S/C27H41BN4O2/c1-5-6-7-8-9-16-24(31-17-19-32(20-18-31)26(33)34-27(2,3)4)28-29-22-14-10-12-21-13-11-15-23(30-28)25(21)22/h10-15,24,29-30H,5-9,16-20H2,1-4H3/t24-/m0/s1. The van der Waals surface area contributed by atoms with Gasteiger partial charge in [0.05, 0.1) is 0 Å². The lowest BCUT2D eigenvalue weighted by molar-refractivity contribution is 0.0128. The van der Waals surface area contributed by atoms with E-state index in [0.717, 1.165) is 19.5 Å². The van der Waals surface area contributed by atoms with Crippen molar-refractivity contribution in [2.45, 2.75) is 77.8 Å². The molecule has 0 saturated carbocycles. The van der Waals surface area contributed by atoms with E-state index in [-0.39, 0.29) is 13.1 Å². The van der Waals surface area contributed by atoms with Crippen molar-refractivity contribution in [1.29, 1.82) is 0 Å². The topological polar surface area (TPSA) is 56.8 Å². The number of nitrogens with one attached hydrogen (secondary N) is 2. The van der Waals surface area contributed by atoms with Crippen LogP contribution in [0.1, 0.15) is 66.2 Å². The van der Waals surface area contributed by atoms with Crippen LogP contribution in [0.25, 0.3) is 10.8 Å². The highest BCUT2D eigenvalue weighted by atomic mass is 16.6. The zero-order valence-corrected chi connectivity index (χ0v) is 21.4. The van der Waals surface area contributed by atoms with Crippen LogP contribution < -0.4 is 10.5 Å². The van der Waals surface area contributed by atoms with Crippen LogP contribution in [0.4, 0.5) is 16.2 Å². The number of carbonyl (C=O) groups excluding carboxylic acids is 1. The molecule has 1 saturated heterocycles. The van der Waals surface area contributed by atoms with Gasteiger partial charge in [0.1, 0.15) is 5.60 Å². The van der Waals surface area contributed by atoms with Gasteiger partial charge >= 0.3 is 13.1 Å². The molecule has 2 aromatic carbocycles. The molecule has 7 heteroatoms. The van der Waals surface area contributed by atoms with E-state index in [1.165, 1.54) is 54.3 Å². The summed E-state index contributed by atoms with van der Waals surface area (Å²) < 4.78 is 5.61. The molecule has 2 aromatic rings. The Labute approximate surface area is 205 Å². The van der Waals surface area contributed by atoms with Crippen molar-refractivity contribution in [1.82, 2.24) is 9.80 Å². The Kier molecular flexibility index (Phi) is 7.92. The Morgan fingerprint density at radius 1 is 0.971 bits per heavy atom. The second-order valence-electron chi connectivity index (χ2n) is 10.7. The highest BCUT2D eigenvalue weighted by molar-refractivity contribution is 6.69. The van der Waals surface area contributed by atoms with Crippen molar-refractivity contribution in [3.63, 3.8) is 0 Å². The first-order chi connectivity index (χ1) is 16.4. The minimum atomic E-state index is -0.459. The van der Waals surface area contributed by atoms with Crippen LogP contribution in [0.2, 0.25) is 0 Å². The quantitative estimate of drug-likeness (QED) is 0.372. The van der Waals surface area contributed by atoms with E-state index in [9.17, 15) is 4.79 Å². The van der Waals surface area contributed by atoms with Crippen LogP contribution in [0.3, 0.4) is 0 Å². The minimum absolute atomic E-state index is 0.139. The summed E-state index contributed by atoms with van der Waals surface area (Å²) in [4.78, 5) is 17.0. The van der Waals surface area contributed by atoms with E-state index < -0.39 is 5.60 Å². The van der Waals surface area contributed by atoms with Crippen molar-refractivity contribution in [3.05, 3.63) is 36.4 Å². The maximum atomic E-state index is 12.6. The second kappa shape index (κ2) is 10.9. The summed E-state index contributed by atoms with van der Waals surface area (Å²) in [6.07, 6.45) is 7.33. The average Bonchev–Trinajstić information content (AvgIpc) is 2.81. The van der Waals surface area contributed by atoms with Crippen LogP contribution in [0, 0.1) is 0 Å². The first-order valence-corrected chi connectivity index (χ1v) is 13.1. The lowest BCUT2D eigenvalue weighted by Gasteiger charge is -2.42. The minimum Gasteiger partial charge on any atom is -0.444 e. The van der Waals surface area contributed by atoms with Gasteiger partial charge < -0.3 is 20.1 Å². The number of hydrogen-bond acceptors (Lipinski definition) is 5. The highest BCUT2D eigenvalue weighted by Gasteiger charge is 2.37. The molecule has 34 heavy (non-hydrogen) atoms. The fourth-order valence-corrected chi connectivity index (χ4v) is 5.22. The van der Waals surface area contributed by atoms with Crippen molar-refractivity contribution >= 4 is 35.2 Å². The fraction of sp³-hybridized carbons (Fsp3) is 0.593. The Balaban J connectivity index is 1.45. The van der Waals surface area contributed by atoms with Crippen molar-refractivity contribution in [2.24, 2.45) is 0 Å². The number of rotatable bonds is 8. The Morgan fingerprint density at radius 2 is 1.59 bits per heavy atom. The first kappa shape index (κ1) is 24.7. The molecule has 2 aliphatic heterocycles. The number of amides is 1. The largest absolute Gasteiger partial charge is 0.444 e. The number of piperazine rings is 1. The van der Waals surface area contributed by atoms with Gasteiger partial charge in [-0.15, -0.1) is 0 Å². The molecule has 2 N–H and O–H groups in total. The number of anilines is 2. The predicted molar refractivity (Wildman–Crippen MR) is 143 cm³/mol. The molecular formula is C27H41BN4O2. The van der Waals surface area contributed by atoms with Crippen LogP contribution >= 0.6 is 0 Å². The van der Waals surface area contributed by atoms with E-state index in [2.05, 4.69) is 58.7 Å². The van der Waals surface area contributed by atoms with Crippen molar-refractivity contribution < 1.29 is 9.53 Å². The summed E-state index contributed by atoms with van der Waals surface area (Å²) in [5.41, 5.74) is 1.96. The van der Waals surface area contributed by atoms with E-state index in [1.54, 1.807) is 0 Å². The molecule has 184 valence electrons. The van der Waals surface area contributed by atoms with Crippen LogP contribution in [0.5, 0.6) is 0 Å².